The summed E-state index contributed by atoms with van der Waals surface area (Å²) in [6.45, 7) is -0.467. The summed E-state index contributed by atoms with van der Waals surface area (Å²) < 4.78 is 87.9. The van der Waals surface area contributed by atoms with Gasteiger partial charge in [-0.25, -0.2) is 4.39 Å². The maximum atomic E-state index is 12.8. The monoisotopic (exact) mass is 301 g/mol. The summed E-state index contributed by atoms with van der Waals surface area (Å²) in [5.41, 5.74) is 1.78. The fraction of sp³-hybridized carbons (Fsp3) is 0.333. The number of halogens is 7. The summed E-state index contributed by atoms with van der Waals surface area (Å²) in [5.74, 6) is -0.809. The average molecular weight is 301 g/mol. The SMILES string of the molecule is NC/C(F)=C/Cc1cc(C(F)(F)F)cc(C(F)(F)F)c1. The molecule has 0 aliphatic carbocycles. The maximum absolute atomic E-state index is 12.8. The lowest BCUT2D eigenvalue weighted by atomic mass is 10.0. The molecule has 0 heterocycles. The van der Waals surface area contributed by atoms with Gasteiger partial charge in [0.05, 0.1) is 11.1 Å². The van der Waals surface area contributed by atoms with Gasteiger partial charge < -0.3 is 5.73 Å². The Labute approximate surface area is 109 Å². The molecule has 0 radical (unpaired) electrons. The smallest absolute Gasteiger partial charge is 0.325 e. The van der Waals surface area contributed by atoms with Crippen LogP contribution in [0.3, 0.4) is 0 Å². The molecule has 0 saturated carbocycles. The molecule has 0 fully saturated rings. The zero-order valence-corrected chi connectivity index (χ0v) is 9.95. The normalized spacial score (nSPS) is 13.7. The molecule has 1 aromatic carbocycles. The van der Waals surface area contributed by atoms with Crippen LogP contribution < -0.4 is 5.73 Å². The van der Waals surface area contributed by atoms with Gasteiger partial charge in [-0.15, -0.1) is 0 Å². The van der Waals surface area contributed by atoms with E-state index in [1.54, 1.807) is 0 Å². The van der Waals surface area contributed by atoms with Crippen molar-refractivity contribution in [3.05, 3.63) is 46.8 Å². The molecule has 0 atom stereocenters. The number of nitrogens with two attached hydrogens (primary N) is 1. The third-order valence-electron chi connectivity index (χ3n) is 2.40. The molecule has 1 nitrogen and oxygen atoms in total. The number of rotatable bonds is 3. The molecule has 0 aliphatic heterocycles. The Morgan fingerprint density at radius 1 is 0.950 bits per heavy atom. The minimum Gasteiger partial charge on any atom is -0.325 e. The van der Waals surface area contributed by atoms with E-state index >= 15 is 0 Å². The number of hydrogen-bond donors (Lipinski definition) is 1. The first kappa shape index (κ1) is 16.5. The third kappa shape index (κ3) is 4.52. The molecule has 1 aromatic rings. The first-order chi connectivity index (χ1) is 9.04. The van der Waals surface area contributed by atoms with E-state index in [1.165, 1.54) is 0 Å². The summed E-state index contributed by atoms with van der Waals surface area (Å²) in [6.07, 6.45) is -9.38. The Hall–Kier alpha value is -1.57. The molecular formula is C12H10F7N. The number of alkyl halides is 6. The minimum atomic E-state index is -4.91. The quantitative estimate of drug-likeness (QED) is 0.836. The topological polar surface area (TPSA) is 26.0 Å². The summed E-state index contributed by atoms with van der Waals surface area (Å²) in [5, 5.41) is 0. The standard InChI is InChI=1S/C12H10F7N/c13-10(6-20)2-1-7-3-8(11(14,15)16)5-9(4-7)12(17,18)19/h2-5H,1,6,20H2/b10-2-. The fourth-order valence-electron chi connectivity index (χ4n) is 1.45. The van der Waals surface area contributed by atoms with Crippen molar-refractivity contribution in [2.24, 2.45) is 5.73 Å². The first-order valence-electron chi connectivity index (χ1n) is 5.37. The maximum Gasteiger partial charge on any atom is 0.416 e. The van der Waals surface area contributed by atoms with E-state index in [0.29, 0.717) is 12.1 Å². The van der Waals surface area contributed by atoms with Crippen LogP contribution in [0.1, 0.15) is 16.7 Å². The second-order valence-corrected chi connectivity index (χ2v) is 3.97. The van der Waals surface area contributed by atoms with E-state index in [-0.39, 0.29) is 11.6 Å². The highest BCUT2D eigenvalue weighted by Gasteiger charge is 2.36. The van der Waals surface area contributed by atoms with Gasteiger partial charge in [0.15, 0.2) is 0 Å². The van der Waals surface area contributed by atoms with Crippen LogP contribution in [0.4, 0.5) is 30.7 Å². The molecule has 0 saturated heterocycles. The van der Waals surface area contributed by atoms with Gasteiger partial charge in [-0.3, -0.25) is 0 Å². The Morgan fingerprint density at radius 3 is 1.75 bits per heavy atom. The van der Waals surface area contributed by atoms with Gasteiger partial charge in [0.25, 0.3) is 0 Å². The van der Waals surface area contributed by atoms with Crippen molar-refractivity contribution in [3.63, 3.8) is 0 Å². The molecule has 20 heavy (non-hydrogen) atoms. The van der Waals surface area contributed by atoms with Gasteiger partial charge in [-0.2, -0.15) is 26.3 Å². The third-order valence-corrected chi connectivity index (χ3v) is 2.40. The lowest BCUT2D eigenvalue weighted by Gasteiger charge is -2.13. The zero-order chi connectivity index (χ0) is 15.6. The molecule has 0 spiro atoms. The highest BCUT2D eigenvalue weighted by Crippen LogP contribution is 2.36. The van der Waals surface area contributed by atoms with Gasteiger partial charge in [0.2, 0.25) is 0 Å². The molecule has 112 valence electrons. The highest BCUT2D eigenvalue weighted by atomic mass is 19.4. The Kier molecular flexibility index (Phi) is 4.80. The first-order valence-corrected chi connectivity index (χ1v) is 5.37. The lowest BCUT2D eigenvalue weighted by molar-refractivity contribution is -0.143. The largest absolute Gasteiger partial charge is 0.416 e. The highest BCUT2D eigenvalue weighted by molar-refractivity contribution is 5.34. The molecule has 0 aromatic heterocycles. The van der Waals surface area contributed by atoms with E-state index in [1.807, 2.05) is 0 Å². The second-order valence-electron chi connectivity index (χ2n) is 3.97. The predicted molar refractivity (Wildman–Crippen MR) is 58.4 cm³/mol. The van der Waals surface area contributed by atoms with Crippen molar-refractivity contribution >= 4 is 0 Å². The molecule has 1 rings (SSSR count). The van der Waals surface area contributed by atoms with Crippen LogP contribution in [0.25, 0.3) is 0 Å². The van der Waals surface area contributed by atoms with E-state index in [9.17, 15) is 30.7 Å². The fourth-order valence-corrected chi connectivity index (χ4v) is 1.45. The molecule has 0 aliphatic rings. The number of benzene rings is 1. The minimum absolute atomic E-state index is 0.0203. The van der Waals surface area contributed by atoms with E-state index in [2.05, 4.69) is 0 Å². The number of allylic oxidation sites excluding steroid dienone is 1. The van der Waals surface area contributed by atoms with Crippen molar-refractivity contribution in [2.45, 2.75) is 18.8 Å². The van der Waals surface area contributed by atoms with Crippen LogP contribution in [0.5, 0.6) is 0 Å². The van der Waals surface area contributed by atoms with Crippen molar-refractivity contribution in [1.82, 2.24) is 0 Å². The van der Waals surface area contributed by atoms with Crippen LogP contribution in [0.15, 0.2) is 30.1 Å². The van der Waals surface area contributed by atoms with Gasteiger partial charge in [0, 0.05) is 6.54 Å². The Bertz CT molecular complexity index is 467. The van der Waals surface area contributed by atoms with Crippen LogP contribution in [-0.4, -0.2) is 6.54 Å². The van der Waals surface area contributed by atoms with Crippen LogP contribution in [-0.2, 0) is 18.8 Å². The van der Waals surface area contributed by atoms with Gasteiger partial charge in [-0.05, 0) is 36.3 Å². The van der Waals surface area contributed by atoms with E-state index < -0.39 is 42.3 Å². The molecule has 0 unspecified atom stereocenters. The van der Waals surface area contributed by atoms with E-state index in [4.69, 9.17) is 5.73 Å². The molecule has 8 heteroatoms. The average Bonchev–Trinajstić information content (AvgIpc) is 2.33. The van der Waals surface area contributed by atoms with E-state index in [0.717, 1.165) is 6.08 Å². The summed E-state index contributed by atoms with van der Waals surface area (Å²) in [7, 11) is 0. The molecular weight excluding hydrogens is 291 g/mol. The van der Waals surface area contributed by atoms with Crippen LogP contribution in [0.2, 0.25) is 0 Å². The van der Waals surface area contributed by atoms with Crippen molar-refractivity contribution in [1.29, 1.82) is 0 Å². The Morgan fingerprint density at radius 2 is 1.40 bits per heavy atom. The molecule has 0 bridgehead atoms. The zero-order valence-electron chi connectivity index (χ0n) is 9.95. The van der Waals surface area contributed by atoms with Gasteiger partial charge in [0.1, 0.15) is 5.83 Å². The van der Waals surface area contributed by atoms with Gasteiger partial charge >= 0.3 is 12.4 Å². The summed E-state index contributed by atoms with van der Waals surface area (Å²) in [6, 6.07) is 1.12. The second kappa shape index (κ2) is 5.82. The Balaban J connectivity index is 3.24. The van der Waals surface area contributed by atoms with Crippen LogP contribution in [0, 0.1) is 0 Å². The molecule has 2 N–H and O–H groups in total. The van der Waals surface area contributed by atoms with Gasteiger partial charge in [-0.1, -0.05) is 0 Å². The lowest BCUT2D eigenvalue weighted by Crippen LogP contribution is -2.11. The van der Waals surface area contributed by atoms with Crippen molar-refractivity contribution in [3.8, 4) is 0 Å². The summed E-state index contributed by atoms with van der Waals surface area (Å²) in [4.78, 5) is 0. The van der Waals surface area contributed by atoms with Crippen molar-refractivity contribution < 1.29 is 30.7 Å². The summed E-state index contributed by atoms with van der Waals surface area (Å²) >= 11 is 0. The number of hydrogen-bond acceptors (Lipinski definition) is 1. The predicted octanol–water partition coefficient (Wildman–Crippen LogP) is 4.08. The van der Waals surface area contributed by atoms with Crippen LogP contribution >= 0.6 is 0 Å². The molecule has 0 amide bonds. The van der Waals surface area contributed by atoms with Crippen molar-refractivity contribution in [2.75, 3.05) is 6.54 Å².